The highest BCUT2D eigenvalue weighted by Crippen LogP contribution is 2.46. The predicted molar refractivity (Wildman–Crippen MR) is 82.6 cm³/mol. The van der Waals surface area contributed by atoms with Crippen LogP contribution in [0.2, 0.25) is 0 Å². The van der Waals surface area contributed by atoms with Gasteiger partial charge in [0.05, 0.1) is 17.7 Å². The molecule has 0 unspecified atom stereocenters. The summed E-state index contributed by atoms with van der Waals surface area (Å²) in [5.41, 5.74) is 2.05. The van der Waals surface area contributed by atoms with Gasteiger partial charge in [-0.05, 0) is 25.5 Å². The van der Waals surface area contributed by atoms with Crippen molar-refractivity contribution in [3.05, 3.63) is 53.2 Å². The molecule has 3 aromatic rings. The molecule has 0 fully saturated rings. The van der Waals surface area contributed by atoms with E-state index in [-0.39, 0.29) is 11.7 Å². The van der Waals surface area contributed by atoms with Gasteiger partial charge in [-0.2, -0.15) is 5.10 Å². The van der Waals surface area contributed by atoms with Crippen LogP contribution in [0.1, 0.15) is 42.3 Å². The number of carbonyl (C=O) groups is 1. The Balaban J connectivity index is 1.84. The topological polar surface area (TPSA) is 82.5 Å². The number of ketones is 1. The molecule has 2 aliphatic rings. The molecular weight excluding hydrogens is 308 g/mol. The molecule has 0 spiro atoms. The van der Waals surface area contributed by atoms with Crippen LogP contribution < -0.4 is 4.74 Å². The summed E-state index contributed by atoms with van der Waals surface area (Å²) in [5, 5.41) is 4.32. The first-order valence-electron chi connectivity index (χ1n) is 7.92. The molecule has 120 valence electrons. The lowest BCUT2D eigenvalue weighted by atomic mass is 9.80. The van der Waals surface area contributed by atoms with Crippen LogP contribution in [-0.4, -0.2) is 25.4 Å². The summed E-state index contributed by atoms with van der Waals surface area (Å²) in [7, 11) is 0. The van der Waals surface area contributed by atoms with Gasteiger partial charge in [-0.3, -0.25) is 4.79 Å². The molecule has 1 aliphatic heterocycles. The number of allylic oxidation sites excluding steroid dienone is 2. The number of aromatic nitrogens is 4. The van der Waals surface area contributed by atoms with Gasteiger partial charge < -0.3 is 9.15 Å². The number of aryl methyl sites for hydroxylation is 1. The molecule has 0 N–H and O–H groups in total. The molecule has 4 heterocycles. The normalized spacial score (nSPS) is 20.0. The molecular formula is C17H14N4O3. The minimum atomic E-state index is -0.355. The molecule has 0 saturated heterocycles. The molecule has 24 heavy (non-hydrogen) atoms. The van der Waals surface area contributed by atoms with Crippen LogP contribution in [-0.2, 0) is 4.79 Å². The zero-order chi connectivity index (χ0) is 16.3. The van der Waals surface area contributed by atoms with E-state index in [1.165, 1.54) is 0 Å². The molecule has 0 radical (unpaired) electrons. The van der Waals surface area contributed by atoms with Gasteiger partial charge in [0.15, 0.2) is 11.4 Å². The average Bonchev–Trinajstić information content (AvgIpc) is 3.21. The van der Waals surface area contributed by atoms with Crippen molar-refractivity contribution >= 4 is 11.4 Å². The zero-order valence-corrected chi connectivity index (χ0v) is 13.0. The molecule has 7 nitrogen and oxygen atoms in total. The smallest absolute Gasteiger partial charge is 0.228 e. The van der Waals surface area contributed by atoms with Gasteiger partial charge in [-0.15, -0.1) is 0 Å². The van der Waals surface area contributed by atoms with Crippen molar-refractivity contribution < 1.29 is 13.9 Å². The van der Waals surface area contributed by atoms with E-state index in [1.807, 2.05) is 19.1 Å². The maximum atomic E-state index is 12.6. The lowest BCUT2D eigenvalue weighted by Gasteiger charge is -2.30. The predicted octanol–water partition coefficient (Wildman–Crippen LogP) is 2.56. The Kier molecular flexibility index (Phi) is 2.68. The van der Waals surface area contributed by atoms with Crippen LogP contribution in [0.5, 0.6) is 5.88 Å². The number of carbonyl (C=O) groups excluding carboxylic acids is 1. The fourth-order valence-corrected chi connectivity index (χ4v) is 3.56. The SMILES string of the molecule is Cc1nc2c3c(ncn2n1)OC1=C(C(=O)CCC1)[C@H]3c1ccco1. The summed E-state index contributed by atoms with van der Waals surface area (Å²) in [6.07, 6.45) is 5.25. The van der Waals surface area contributed by atoms with Crippen molar-refractivity contribution in [2.24, 2.45) is 0 Å². The van der Waals surface area contributed by atoms with E-state index in [1.54, 1.807) is 17.1 Å². The number of rotatable bonds is 1. The number of Topliss-reactive ketones (excluding diaryl/α,β-unsaturated/α-hetero) is 1. The molecule has 7 heteroatoms. The first-order chi connectivity index (χ1) is 11.7. The summed E-state index contributed by atoms with van der Waals surface area (Å²) in [6, 6.07) is 3.69. The molecule has 3 aromatic heterocycles. The number of hydrogen-bond acceptors (Lipinski definition) is 6. The maximum Gasteiger partial charge on any atom is 0.228 e. The Morgan fingerprint density at radius 1 is 1.33 bits per heavy atom. The average molecular weight is 322 g/mol. The van der Waals surface area contributed by atoms with E-state index in [9.17, 15) is 4.79 Å². The van der Waals surface area contributed by atoms with Gasteiger partial charge in [0, 0.05) is 18.4 Å². The van der Waals surface area contributed by atoms with Crippen molar-refractivity contribution in [3.63, 3.8) is 0 Å². The van der Waals surface area contributed by atoms with E-state index in [0.29, 0.717) is 40.9 Å². The fraction of sp³-hybridized carbons (Fsp3) is 0.294. The minimum Gasteiger partial charge on any atom is -0.468 e. The second-order valence-corrected chi connectivity index (χ2v) is 6.05. The Hall–Kier alpha value is -2.96. The van der Waals surface area contributed by atoms with Crippen molar-refractivity contribution in [2.45, 2.75) is 32.1 Å². The number of fused-ring (bicyclic) bond motifs is 3. The van der Waals surface area contributed by atoms with E-state index in [2.05, 4.69) is 15.1 Å². The van der Waals surface area contributed by atoms with Crippen molar-refractivity contribution in [1.82, 2.24) is 19.6 Å². The minimum absolute atomic E-state index is 0.0986. The number of ether oxygens (including phenoxy) is 1. The van der Waals surface area contributed by atoms with Gasteiger partial charge in [-0.1, -0.05) is 0 Å². The Morgan fingerprint density at radius 2 is 2.25 bits per heavy atom. The van der Waals surface area contributed by atoms with Gasteiger partial charge >= 0.3 is 0 Å². The fourth-order valence-electron chi connectivity index (χ4n) is 3.56. The largest absolute Gasteiger partial charge is 0.468 e. The van der Waals surface area contributed by atoms with Crippen molar-refractivity contribution in [3.8, 4) is 5.88 Å². The van der Waals surface area contributed by atoms with E-state index >= 15 is 0 Å². The Bertz CT molecular complexity index is 1000. The van der Waals surface area contributed by atoms with Gasteiger partial charge in [0.2, 0.25) is 5.88 Å². The summed E-state index contributed by atoms with van der Waals surface area (Å²) >= 11 is 0. The van der Waals surface area contributed by atoms with Gasteiger partial charge in [-0.25, -0.2) is 14.5 Å². The molecule has 1 atom stereocenters. The third-order valence-electron chi connectivity index (χ3n) is 4.53. The summed E-state index contributed by atoms with van der Waals surface area (Å²) in [5.74, 6) is 2.25. The molecule has 0 bridgehead atoms. The number of hydrogen-bond donors (Lipinski definition) is 0. The Labute approximate surface area is 137 Å². The summed E-state index contributed by atoms with van der Waals surface area (Å²) in [4.78, 5) is 21.5. The van der Waals surface area contributed by atoms with Crippen LogP contribution in [0, 0.1) is 6.92 Å². The standard InChI is InChI=1S/C17H14N4O3/c1-9-19-16-15-14(11-6-3-7-23-11)13-10(22)4-2-5-12(13)24-17(15)18-8-21(16)20-9/h3,6-8,14H,2,4-5H2,1H3/t14-/m1/s1. The van der Waals surface area contributed by atoms with Crippen LogP contribution in [0.4, 0.5) is 0 Å². The molecule has 1 aliphatic carbocycles. The lowest BCUT2D eigenvalue weighted by molar-refractivity contribution is -0.116. The summed E-state index contributed by atoms with van der Waals surface area (Å²) < 4.78 is 13.2. The second kappa shape index (κ2) is 4.77. The monoisotopic (exact) mass is 322 g/mol. The Morgan fingerprint density at radius 3 is 3.08 bits per heavy atom. The second-order valence-electron chi connectivity index (χ2n) is 6.05. The van der Waals surface area contributed by atoms with Crippen LogP contribution in [0.15, 0.2) is 40.5 Å². The number of nitrogens with zero attached hydrogens (tertiary/aromatic N) is 4. The van der Waals surface area contributed by atoms with E-state index < -0.39 is 0 Å². The first kappa shape index (κ1) is 13.5. The maximum absolute atomic E-state index is 12.6. The number of furan rings is 1. The third kappa shape index (κ3) is 1.78. The molecule has 0 aromatic carbocycles. The first-order valence-corrected chi connectivity index (χ1v) is 7.92. The zero-order valence-electron chi connectivity index (χ0n) is 13.0. The van der Waals surface area contributed by atoms with Crippen molar-refractivity contribution in [1.29, 1.82) is 0 Å². The molecule has 0 saturated carbocycles. The van der Waals surface area contributed by atoms with Crippen molar-refractivity contribution in [2.75, 3.05) is 0 Å². The van der Waals surface area contributed by atoms with Crippen LogP contribution in [0.3, 0.4) is 0 Å². The summed E-state index contributed by atoms with van der Waals surface area (Å²) in [6.45, 7) is 1.82. The third-order valence-corrected chi connectivity index (χ3v) is 4.53. The highest BCUT2D eigenvalue weighted by Gasteiger charge is 2.40. The highest BCUT2D eigenvalue weighted by atomic mass is 16.5. The quantitative estimate of drug-likeness (QED) is 0.685. The van der Waals surface area contributed by atoms with E-state index in [4.69, 9.17) is 9.15 Å². The molecule has 5 rings (SSSR count). The highest BCUT2D eigenvalue weighted by molar-refractivity contribution is 5.99. The van der Waals surface area contributed by atoms with Gasteiger partial charge in [0.25, 0.3) is 0 Å². The van der Waals surface area contributed by atoms with Crippen LogP contribution in [0.25, 0.3) is 5.65 Å². The van der Waals surface area contributed by atoms with E-state index in [0.717, 1.165) is 18.4 Å². The van der Waals surface area contributed by atoms with Gasteiger partial charge in [0.1, 0.15) is 23.7 Å². The lowest BCUT2D eigenvalue weighted by Crippen LogP contribution is -2.26. The molecule has 0 amide bonds. The van der Waals surface area contributed by atoms with Crippen LogP contribution >= 0.6 is 0 Å².